The molecule has 0 aliphatic carbocycles. The molecule has 2 heterocycles. The molecule has 1 aliphatic rings. The Morgan fingerprint density at radius 3 is 2.52 bits per heavy atom. The summed E-state index contributed by atoms with van der Waals surface area (Å²) in [6.45, 7) is 5.96. The molecule has 0 atom stereocenters. The van der Waals surface area contributed by atoms with Crippen LogP contribution in [0, 0.1) is 0 Å². The van der Waals surface area contributed by atoms with Crippen LogP contribution >= 0.6 is 0 Å². The van der Waals surface area contributed by atoms with E-state index < -0.39 is 16.0 Å². The first-order chi connectivity index (χ1) is 9.79. The van der Waals surface area contributed by atoms with Crippen LogP contribution in [-0.2, 0) is 10.0 Å². The Hall–Kier alpha value is -1.38. The van der Waals surface area contributed by atoms with E-state index in [1.165, 1.54) is 6.20 Å². The lowest BCUT2D eigenvalue weighted by molar-refractivity contribution is 0.0691. The van der Waals surface area contributed by atoms with Gasteiger partial charge in [0.25, 0.3) is 0 Å². The number of H-pyrrole nitrogens is 1. The van der Waals surface area contributed by atoms with E-state index in [1.54, 1.807) is 0 Å². The van der Waals surface area contributed by atoms with Gasteiger partial charge >= 0.3 is 5.97 Å². The molecule has 7 nitrogen and oxygen atoms in total. The molecule has 0 aromatic carbocycles. The van der Waals surface area contributed by atoms with E-state index in [0.717, 1.165) is 32.0 Å². The number of aromatic amines is 1. The lowest BCUT2D eigenvalue weighted by Crippen LogP contribution is -2.46. The fourth-order valence-corrected chi connectivity index (χ4v) is 3.77. The van der Waals surface area contributed by atoms with Gasteiger partial charge in [0.05, 0.1) is 0 Å². The number of carbonyl (C=O) groups is 1. The predicted molar refractivity (Wildman–Crippen MR) is 77.8 cm³/mol. The van der Waals surface area contributed by atoms with Gasteiger partial charge in [-0.1, -0.05) is 0 Å². The van der Waals surface area contributed by atoms with Crippen molar-refractivity contribution >= 4 is 16.0 Å². The summed E-state index contributed by atoms with van der Waals surface area (Å²) in [6.07, 6.45) is 2.72. The summed E-state index contributed by atoms with van der Waals surface area (Å²) in [5.41, 5.74) is -0.134. The van der Waals surface area contributed by atoms with Gasteiger partial charge in [-0.3, -0.25) is 0 Å². The molecule has 0 amide bonds. The summed E-state index contributed by atoms with van der Waals surface area (Å²) in [5, 5.41) is 8.81. The highest BCUT2D eigenvalue weighted by molar-refractivity contribution is 7.89. The maximum Gasteiger partial charge on any atom is 0.352 e. The van der Waals surface area contributed by atoms with Crippen LogP contribution in [0.25, 0.3) is 0 Å². The van der Waals surface area contributed by atoms with Crippen molar-refractivity contribution in [2.45, 2.75) is 43.7 Å². The van der Waals surface area contributed by atoms with Crippen LogP contribution in [-0.4, -0.2) is 54.6 Å². The zero-order valence-electron chi connectivity index (χ0n) is 12.2. The van der Waals surface area contributed by atoms with Crippen molar-refractivity contribution in [3.8, 4) is 0 Å². The Labute approximate surface area is 124 Å². The van der Waals surface area contributed by atoms with Crippen molar-refractivity contribution in [1.82, 2.24) is 14.6 Å². The SMILES string of the molecule is CC(C)N1CCC(NS(=O)(=O)c2c[nH]c(C(=O)O)c2)CC1. The second kappa shape index (κ2) is 6.17. The number of aromatic nitrogens is 1. The summed E-state index contributed by atoms with van der Waals surface area (Å²) >= 11 is 0. The third-order valence-corrected chi connectivity index (χ3v) is 5.28. The highest BCUT2D eigenvalue weighted by atomic mass is 32.2. The quantitative estimate of drug-likeness (QED) is 0.748. The van der Waals surface area contributed by atoms with Gasteiger partial charge in [0, 0.05) is 18.3 Å². The number of carboxylic acid groups (broad SMARTS) is 1. The fraction of sp³-hybridized carbons (Fsp3) is 0.615. The maximum atomic E-state index is 12.2. The molecule has 1 aliphatic heterocycles. The lowest BCUT2D eigenvalue weighted by atomic mass is 10.1. The number of likely N-dealkylation sites (tertiary alicyclic amines) is 1. The molecule has 1 saturated heterocycles. The second-order valence-electron chi connectivity index (χ2n) is 5.58. The third-order valence-electron chi connectivity index (χ3n) is 3.78. The Morgan fingerprint density at radius 2 is 2.05 bits per heavy atom. The standard InChI is InChI=1S/C13H21N3O4S/c1-9(2)16-5-3-10(4-6-16)15-21(19,20)11-7-12(13(17)18)14-8-11/h7-10,14-15H,3-6H2,1-2H3,(H,17,18). The number of rotatable bonds is 5. The molecule has 0 bridgehead atoms. The van der Waals surface area contributed by atoms with Crippen molar-refractivity contribution in [2.75, 3.05) is 13.1 Å². The highest BCUT2D eigenvalue weighted by Gasteiger charge is 2.26. The molecule has 0 saturated carbocycles. The van der Waals surface area contributed by atoms with Crippen molar-refractivity contribution in [1.29, 1.82) is 0 Å². The number of sulfonamides is 1. The minimum absolute atomic E-state index is 0.0359. The summed E-state index contributed by atoms with van der Waals surface area (Å²) in [7, 11) is -3.67. The van der Waals surface area contributed by atoms with E-state index in [9.17, 15) is 13.2 Å². The molecule has 0 unspecified atom stereocenters. The van der Waals surface area contributed by atoms with E-state index >= 15 is 0 Å². The molecule has 1 aromatic rings. The first kappa shape index (κ1) is 16.0. The maximum absolute atomic E-state index is 12.2. The average Bonchev–Trinajstić information content (AvgIpc) is 2.89. The van der Waals surface area contributed by atoms with Crippen LogP contribution in [0.2, 0.25) is 0 Å². The van der Waals surface area contributed by atoms with Gasteiger partial charge in [0.1, 0.15) is 10.6 Å². The lowest BCUT2D eigenvalue weighted by Gasteiger charge is -2.34. The van der Waals surface area contributed by atoms with Crippen molar-refractivity contribution in [3.05, 3.63) is 18.0 Å². The smallest absolute Gasteiger partial charge is 0.352 e. The number of hydrogen-bond acceptors (Lipinski definition) is 4. The highest BCUT2D eigenvalue weighted by Crippen LogP contribution is 2.17. The first-order valence-electron chi connectivity index (χ1n) is 6.97. The van der Waals surface area contributed by atoms with Crippen LogP contribution < -0.4 is 4.72 Å². The summed E-state index contributed by atoms with van der Waals surface area (Å²) < 4.78 is 27.1. The Balaban J connectivity index is 2.00. The number of nitrogens with zero attached hydrogens (tertiary/aromatic N) is 1. The van der Waals surface area contributed by atoms with Crippen LogP contribution in [0.3, 0.4) is 0 Å². The second-order valence-corrected chi connectivity index (χ2v) is 7.29. The number of hydrogen-bond donors (Lipinski definition) is 3. The fourth-order valence-electron chi connectivity index (χ4n) is 2.47. The van der Waals surface area contributed by atoms with Crippen molar-refractivity contribution in [2.24, 2.45) is 0 Å². The molecule has 0 spiro atoms. The van der Waals surface area contributed by atoms with Crippen molar-refractivity contribution < 1.29 is 18.3 Å². The normalized spacial score (nSPS) is 18.2. The van der Waals surface area contributed by atoms with Gasteiger partial charge in [-0.25, -0.2) is 17.9 Å². The van der Waals surface area contributed by atoms with Gasteiger partial charge < -0.3 is 15.0 Å². The molecule has 2 rings (SSSR count). The minimum Gasteiger partial charge on any atom is -0.477 e. The van der Waals surface area contributed by atoms with Gasteiger partial charge in [0.15, 0.2) is 0 Å². The van der Waals surface area contributed by atoms with E-state index in [1.807, 2.05) is 0 Å². The number of aromatic carboxylic acids is 1. The Morgan fingerprint density at radius 1 is 1.43 bits per heavy atom. The van der Waals surface area contributed by atoms with Crippen molar-refractivity contribution in [3.63, 3.8) is 0 Å². The molecule has 3 N–H and O–H groups in total. The predicted octanol–water partition coefficient (Wildman–Crippen LogP) is 0.864. The van der Waals surface area contributed by atoms with E-state index in [-0.39, 0.29) is 16.6 Å². The third kappa shape index (κ3) is 3.84. The zero-order chi connectivity index (χ0) is 15.6. The largest absolute Gasteiger partial charge is 0.477 e. The summed E-state index contributed by atoms with van der Waals surface area (Å²) in [5.74, 6) is -1.18. The molecular formula is C13H21N3O4S. The van der Waals surface area contributed by atoms with Gasteiger partial charge in [0.2, 0.25) is 10.0 Å². The number of carboxylic acids is 1. The monoisotopic (exact) mass is 315 g/mol. The van der Waals surface area contributed by atoms with E-state index in [0.29, 0.717) is 6.04 Å². The molecule has 21 heavy (non-hydrogen) atoms. The number of nitrogens with one attached hydrogen (secondary N) is 2. The molecule has 1 aromatic heterocycles. The van der Waals surface area contributed by atoms with Crippen LogP contribution in [0.4, 0.5) is 0 Å². The number of piperidine rings is 1. The van der Waals surface area contributed by atoms with Crippen LogP contribution in [0.5, 0.6) is 0 Å². The Kier molecular flexibility index (Phi) is 4.70. The van der Waals surface area contributed by atoms with Gasteiger partial charge in [-0.05, 0) is 45.8 Å². The van der Waals surface area contributed by atoms with Crippen LogP contribution in [0.15, 0.2) is 17.2 Å². The molecule has 0 radical (unpaired) electrons. The summed E-state index contributed by atoms with van der Waals surface area (Å²) in [4.78, 5) is 15.5. The average molecular weight is 315 g/mol. The van der Waals surface area contributed by atoms with Gasteiger partial charge in [-0.15, -0.1) is 0 Å². The topological polar surface area (TPSA) is 103 Å². The minimum atomic E-state index is -3.67. The van der Waals surface area contributed by atoms with Gasteiger partial charge in [-0.2, -0.15) is 0 Å². The molecule has 118 valence electrons. The van der Waals surface area contributed by atoms with E-state index in [2.05, 4.69) is 28.5 Å². The summed E-state index contributed by atoms with van der Waals surface area (Å²) in [6, 6.07) is 1.49. The molecule has 8 heteroatoms. The zero-order valence-corrected chi connectivity index (χ0v) is 13.0. The van der Waals surface area contributed by atoms with E-state index in [4.69, 9.17) is 5.11 Å². The first-order valence-corrected chi connectivity index (χ1v) is 8.46. The molecule has 1 fully saturated rings. The molecular weight excluding hydrogens is 294 g/mol. The van der Waals surface area contributed by atoms with Crippen LogP contribution in [0.1, 0.15) is 37.2 Å². The Bertz CT molecular complexity index is 601.